The zero-order valence-electron chi connectivity index (χ0n) is 15.6. The number of nitrogens with zero attached hydrogens (tertiary/aromatic N) is 5. The summed E-state index contributed by atoms with van der Waals surface area (Å²) >= 11 is 3.60. The Balaban J connectivity index is 1.39. The molecule has 1 fully saturated rings. The van der Waals surface area contributed by atoms with E-state index >= 15 is 0 Å². The number of halogens is 1. The van der Waals surface area contributed by atoms with Crippen molar-refractivity contribution in [2.75, 3.05) is 25.1 Å². The second-order valence-electron chi connectivity index (χ2n) is 7.74. The first kappa shape index (κ1) is 17.0. The number of pyridine rings is 1. The molecule has 0 saturated carbocycles. The van der Waals surface area contributed by atoms with Crippen molar-refractivity contribution in [1.29, 1.82) is 0 Å². The number of ether oxygens (including phenoxy) is 1. The predicted molar refractivity (Wildman–Crippen MR) is 108 cm³/mol. The molecule has 6 nitrogen and oxygen atoms in total. The van der Waals surface area contributed by atoms with Crippen LogP contribution in [-0.4, -0.2) is 39.8 Å². The lowest BCUT2D eigenvalue weighted by Gasteiger charge is -2.40. The molecule has 1 spiro atoms. The van der Waals surface area contributed by atoms with Crippen LogP contribution in [0.2, 0.25) is 0 Å². The molecule has 0 amide bonds. The van der Waals surface area contributed by atoms with Crippen molar-refractivity contribution in [3.63, 3.8) is 0 Å². The van der Waals surface area contributed by atoms with Gasteiger partial charge in [-0.05, 0) is 65.6 Å². The van der Waals surface area contributed by atoms with Gasteiger partial charge in [-0.15, -0.1) is 0 Å². The maximum Gasteiger partial charge on any atom is 0.213 e. The van der Waals surface area contributed by atoms with E-state index in [1.807, 2.05) is 29.8 Å². The Morgan fingerprint density at radius 3 is 2.70 bits per heavy atom. The maximum atomic E-state index is 5.30. The third-order valence-electron chi connectivity index (χ3n) is 6.11. The van der Waals surface area contributed by atoms with Gasteiger partial charge in [0.15, 0.2) is 5.82 Å². The van der Waals surface area contributed by atoms with Crippen molar-refractivity contribution in [2.24, 2.45) is 5.41 Å². The van der Waals surface area contributed by atoms with Crippen LogP contribution < -0.4 is 9.64 Å². The number of methoxy groups -OCH3 is 1. The van der Waals surface area contributed by atoms with Crippen LogP contribution >= 0.6 is 15.9 Å². The predicted octanol–water partition coefficient (Wildman–Crippen LogP) is 3.59. The topological polar surface area (TPSA) is 55.5 Å². The Morgan fingerprint density at radius 2 is 1.93 bits per heavy atom. The molecule has 1 saturated heterocycles. The minimum Gasteiger partial charge on any atom is -0.481 e. The summed E-state index contributed by atoms with van der Waals surface area (Å²) in [6, 6.07) is 6.22. The van der Waals surface area contributed by atoms with Crippen molar-refractivity contribution >= 4 is 27.3 Å². The van der Waals surface area contributed by atoms with Crippen LogP contribution in [0.25, 0.3) is 5.52 Å². The standard InChI is InChI=1S/C20H22BrN5O/c1-13-18(21)26-16(5-8-22-26)19(23-13)25-9-6-20(7-10-25)11-14-3-4-17(27-2)24-15(14)12-20/h3-5,8H,6-7,9-12H2,1-2H3. The molecule has 27 heavy (non-hydrogen) atoms. The van der Waals surface area contributed by atoms with Crippen LogP contribution in [0.15, 0.2) is 29.0 Å². The normalized spacial score (nSPS) is 18.3. The van der Waals surface area contributed by atoms with Gasteiger partial charge in [0.2, 0.25) is 5.88 Å². The fourth-order valence-corrected chi connectivity index (χ4v) is 4.95. The highest BCUT2D eigenvalue weighted by Crippen LogP contribution is 2.45. The third-order valence-corrected chi connectivity index (χ3v) is 7.02. The third kappa shape index (κ3) is 2.71. The van der Waals surface area contributed by atoms with Gasteiger partial charge in [0.05, 0.1) is 19.0 Å². The van der Waals surface area contributed by atoms with Crippen molar-refractivity contribution in [3.05, 3.63) is 46.0 Å². The van der Waals surface area contributed by atoms with Crippen molar-refractivity contribution < 1.29 is 4.74 Å². The fraction of sp³-hybridized carbons (Fsp3) is 0.450. The van der Waals surface area contributed by atoms with E-state index < -0.39 is 0 Å². The van der Waals surface area contributed by atoms with Gasteiger partial charge >= 0.3 is 0 Å². The molecule has 0 unspecified atom stereocenters. The van der Waals surface area contributed by atoms with E-state index in [4.69, 9.17) is 9.72 Å². The zero-order chi connectivity index (χ0) is 18.6. The SMILES string of the molecule is COc1ccc2c(n1)CC1(CCN(c3nc(C)c(Br)n4nccc34)CC1)C2. The molecule has 0 N–H and O–H groups in total. The van der Waals surface area contributed by atoms with Crippen LogP contribution in [0.3, 0.4) is 0 Å². The van der Waals surface area contributed by atoms with Gasteiger partial charge in [0.1, 0.15) is 10.1 Å². The number of fused-ring (bicyclic) bond motifs is 2. The van der Waals surface area contributed by atoms with E-state index in [2.05, 4.69) is 37.0 Å². The second kappa shape index (κ2) is 6.19. The summed E-state index contributed by atoms with van der Waals surface area (Å²) in [6.07, 6.45) is 6.33. The minimum absolute atomic E-state index is 0.332. The number of hydrogen-bond donors (Lipinski definition) is 0. The molecular weight excluding hydrogens is 406 g/mol. The van der Waals surface area contributed by atoms with E-state index in [9.17, 15) is 0 Å². The molecule has 1 aliphatic carbocycles. The molecule has 0 bridgehead atoms. The first-order chi connectivity index (χ1) is 13.1. The quantitative estimate of drug-likeness (QED) is 0.625. The lowest BCUT2D eigenvalue weighted by atomic mass is 9.76. The summed E-state index contributed by atoms with van der Waals surface area (Å²) in [7, 11) is 1.68. The molecule has 0 aromatic carbocycles. The van der Waals surface area contributed by atoms with Gasteiger partial charge in [0.25, 0.3) is 0 Å². The Kier molecular flexibility index (Phi) is 3.89. The number of rotatable bonds is 2. The van der Waals surface area contributed by atoms with Gasteiger partial charge in [-0.2, -0.15) is 5.10 Å². The average Bonchev–Trinajstić information content (AvgIpc) is 3.29. The van der Waals surface area contributed by atoms with Crippen LogP contribution in [0.1, 0.15) is 29.8 Å². The van der Waals surface area contributed by atoms with E-state index in [-0.39, 0.29) is 0 Å². The first-order valence-corrected chi connectivity index (χ1v) is 10.2. The highest BCUT2D eigenvalue weighted by Gasteiger charge is 2.41. The first-order valence-electron chi connectivity index (χ1n) is 9.36. The highest BCUT2D eigenvalue weighted by molar-refractivity contribution is 9.10. The Morgan fingerprint density at radius 1 is 1.11 bits per heavy atom. The summed E-state index contributed by atoms with van der Waals surface area (Å²) < 4.78 is 8.16. The second-order valence-corrected chi connectivity index (χ2v) is 8.49. The number of aromatic nitrogens is 4. The van der Waals surface area contributed by atoms with Crippen LogP contribution in [0.4, 0.5) is 5.82 Å². The molecule has 0 atom stereocenters. The van der Waals surface area contributed by atoms with Gasteiger partial charge in [-0.3, -0.25) is 0 Å². The Labute approximate surface area is 166 Å². The molecule has 5 rings (SSSR count). The Hall–Kier alpha value is -2.15. The van der Waals surface area contributed by atoms with Crippen molar-refractivity contribution in [2.45, 2.75) is 32.6 Å². The molecule has 4 heterocycles. The average molecular weight is 428 g/mol. The molecule has 3 aromatic rings. The summed E-state index contributed by atoms with van der Waals surface area (Å²) in [5.41, 5.74) is 4.97. The van der Waals surface area contributed by atoms with Crippen LogP contribution in [0, 0.1) is 12.3 Å². The summed E-state index contributed by atoms with van der Waals surface area (Å²) in [6.45, 7) is 4.05. The molecule has 1 aliphatic heterocycles. The minimum atomic E-state index is 0.332. The molecule has 3 aromatic heterocycles. The number of anilines is 1. The molecule has 2 aliphatic rings. The van der Waals surface area contributed by atoms with Crippen molar-refractivity contribution in [1.82, 2.24) is 19.6 Å². The molecule has 140 valence electrons. The van der Waals surface area contributed by atoms with Crippen molar-refractivity contribution in [3.8, 4) is 5.88 Å². The van der Waals surface area contributed by atoms with Crippen LogP contribution in [-0.2, 0) is 12.8 Å². The summed E-state index contributed by atoms with van der Waals surface area (Å²) in [4.78, 5) is 12.0. The lowest BCUT2D eigenvalue weighted by molar-refractivity contribution is 0.231. The fourth-order valence-electron chi connectivity index (χ4n) is 4.58. The number of hydrogen-bond acceptors (Lipinski definition) is 5. The van der Waals surface area contributed by atoms with Gasteiger partial charge in [-0.1, -0.05) is 6.07 Å². The van der Waals surface area contributed by atoms with Gasteiger partial charge in [-0.25, -0.2) is 14.5 Å². The van der Waals surface area contributed by atoms with E-state index in [1.54, 1.807) is 7.11 Å². The smallest absolute Gasteiger partial charge is 0.213 e. The monoisotopic (exact) mass is 427 g/mol. The largest absolute Gasteiger partial charge is 0.481 e. The van der Waals surface area contributed by atoms with E-state index in [0.29, 0.717) is 5.41 Å². The molecule has 7 heteroatoms. The molecular formula is C20H22BrN5O. The van der Waals surface area contributed by atoms with Gasteiger partial charge in [0, 0.05) is 24.8 Å². The Bertz CT molecular complexity index is 1020. The molecule has 0 radical (unpaired) electrons. The van der Waals surface area contributed by atoms with E-state index in [1.165, 1.54) is 11.3 Å². The van der Waals surface area contributed by atoms with Gasteiger partial charge < -0.3 is 9.64 Å². The number of aryl methyl sites for hydroxylation is 1. The maximum absolute atomic E-state index is 5.30. The summed E-state index contributed by atoms with van der Waals surface area (Å²) in [5.74, 6) is 1.76. The van der Waals surface area contributed by atoms with E-state index in [0.717, 1.165) is 66.3 Å². The zero-order valence-corrected chi connectivity index (χ0v) is 17.2. The lowest BCUT2D eigenvalue weighted by Crippen LogP contribution is -2.41. The highest BCUT2D eigenvalue weighted by atomic mass is 79.9. The number of piperidine rings is 1. The van der Waals surface area contributed by atoms with Crippen LogP contribution in [0.5, 0.6) is 5.88 Å². The summed E-state index contributed by atoms with van der Waals surface area (Å²) in [5, 5.41) is 4.43.